The summed E-state index contributed by atoms with van der Waals surface area (Å²) in [6.07, 6.45) is 0.630. The third-order valence-electron chi connectivity index (χ3n) is 2.12. The molecule has 1 aromatic heterocycles. The van der Waals surface area contributed by atoms with Crippen molar-refractivity contribution in [3.05, 3.63) is 23.4 Å². The van der Waals surface area contributed by atoms with Crippen molar-refractivity contribution in [1.82, 2.24) is 10.3 Å². The first-order valence-corrected chi connectivity index (χ1v) is 5.38. The number of methoxy groups -OCH3 is 1. The Morgan fingerprint density at radius 1 is 1.53 bits per heavy atom. The van der Waals surface area contributed by atoms with E-state index in [9.17, 15) is 4.79 Å². The van der Waals surface area contributed by atoms with E-state index in [0.29, 0.717) is 18.8 Å². The van der Waals surface area contributed by atoms with Crippen molar-refractivity contribution in [2.24, 2.45) is 0 Å². The molecule has 4 nitrogen and oxygen atoms in total. The highest BCUT2D eigenvalue weighted by atomic mass is 16.5. The van der Waals surface area contributed by atoms with Gasteiger partial charge in [-0.05, 0) is 13.0 Å². The van der Waals surface area contributed by atoms with Crippen LogP contribution in [0.15, 0.2) is 12.1 Å². The van der Waals surface area contributed by atoms with Gasteiger partial charge in [0.15, 0.2) is 0 Å². The van der Waals surface area contributed by atoms with Gasteiger partial charge in [0, 0.05) is 31.5 Å². The molecule has 17 heavy (non-hydrogen) atoms. The molecular weight excluding hydrogens is 216 g/mol. The number of nitrogens with zero attached hydrogens (tertiary/aromatic N) is 1. The Hall–Kier alpha value is -2.02. The Morgan fingerprint density at radius 2 is 2.29 bits per heavy atom. The molecule has 0 saturated carbocycles. The van der Waals surface area contributed by atoms with Gasteiger partial charge in [-0.15, -0.1) is 0 Å². The van der Waals surface area contributed by atoms with E-state index < -0.39 is 0 Å². The van der Waals surface area contributed by atoms with Crippen LogP contribution in [0.1, 0.15) is 24.6 Å². The monoisotopic (exact) mass is 232 g/mol. The van der Waals surface area contributed by atoms with Crippen LogP contribution < -0.4 is 10.1 Å². The van der Waals surface area contributed by atoms with Crippen molar-refractivity contribution in [3.8, 4) is 17.7 Å². The van der Waals surface area contributed by atoms with E-state index in [1.165, 1.54) is 6.92 Å². The predicted octanol–water partition coefficient (Wildman–Crippen LogP) is 1.28. The molecule has 0 aliphatic heterocycles. The third kappa shape index (κ3) is 4.56. The minimum absolute atomic E-state index is 0.0332. The molecule has 0 aromatic carbocycles. The molecule has 1 N–H and O–H groups in total. The maximum absolute atomic E-state index is 10.6. The Bertz CT molecular complexity index is 458. The molecule has 0 saturated heterocycles. The van der Waals surface area contributed by atoms with Crippen molar-refractivity contribution >= 4 is 5.91 Å². The summed E-state index contributed by atoms with van der Waals surface area (Å²) in [7, 11) is 1.58. The minimum atomic E-state index is -0.0332. The van der Waals surface area contributed by atoms with Crippen molar-refractivity contribution in [2.45, 2.75) is 20.3 Å². The highest BCUT2D eigenvalue weighted by Gasteiger charge is 1.98. The lowest BCUT2D eigenvalue weighted by atomic mass is 10.2. The number of aryl methyl sites for hydroxylation is 1. The molecule has 1 aromatic rings. The fourth-order valence-corrected chi connectivity index (χ4v) is 1.24. The lowest BCUT2D eigenvalue weighted by Crippen LogP contribution is -2.20. The highest BCUT2D eigenvalue weighted by Crippen LogP contribution is 2.10. The number of aromatic nitrogens is 1. The summed E-state index contributed by atoms with van der Waals surface area (Å²) in [6, 6.07) is 3.66. The van der Waals surface area contributed by atoms with E-state index in [-0.39, 0.29) is 5.91 Å². The molecule has 1 rings (SSSR count). The number of amides is 1. The molecule has 0 fully saturated rings. The van der Waals surface area contributed by atoms with Gasteiger partial charge in [0.2, 0.25) is 11.8 Å². The number of rotatable bonds is 3. The van der Waals surface area contributed by atoms with Gasteiger partial charge in [0.1, 0.15) is 0 Å². The lowest BCUT2D eigenvalue weighted by Gasteiger charge is -2.01. The number of carbonyl (C=O) groups excluding carboxylic acids is 1. The first-order chi connectivity index (χ1) is 8.13. The quantitative estimate of drug-likeness (QED) is 0.631. The van der Waals surface area contributed by atoms with Crippen LogP contribution >= 0.6 is 0 Å². The minimum Gasteiger partial charge on any atom is -0.481 e. The van der Waals surface area contributed by atoms with E-state index in [2.05, 4.69) is 22.1 Å². The van der Waals surface area contributed by atoms with Gasteiger partial charge in [-0.2, -0.15) is 0 Å². The summed E-state index contributed by atoms with van der Waals surface area (Å²) < 4.78 is 5.01. The number of hydrogen-bond acceptors (Lipinski definition) is 3. The summed E-state index contributed by atoms with van der Waals surface area (Å²) in [5, 5.41) is 2.69. The largest absolute Gasteiger partial charge is 0.481 e. The summed E-state index contributed by atoms with van der Waals surface area (Å²) in [5.74, 6) is 6.56. The number of ether oxygens (including phenoxy) is 1. The van der Waals surface area contributed by atoms with Gasteiger partial charge in [-0.25, -0.2) is 4.98 Å². The Labute approximate surface area is 101 Å². The summed E-state index contributed by atoms with van der Waals surface area (Å²) in [5.41, 5.74) is 1.73. The van der Waals surface area contributed by atoms with Crippen molar-refractivity contribution < 1.29 is 9.53 Å². The Morgan fingerprint density at radius 3 is 2.88 bits per heavy atom. The zero-order chi connectivity index (χ0) is 12.7. The maximum Gasteiger partial charge on any atom is 0.216 e. The van der Waals surface area contributed by atoms with E-state index in [0.717, 1.165) is 11.3 Å². The number of nitrogens with one attached hydrogen (secondary N) is 1. The second-order valence-corrected chi connectivity index (χ2v) is 3.52. The van der Waals surface area contributed by atoms with Crippen LogP contribution in [-0.2, 0) is 4.79 Å². The summed E-state index contributed by atoms with van der Waals surface area (Å²) >= 11 is 0. The SMILES string of the molecule is COc1ccc(C#CCCNC(C)=O)c(C)n1. The van der Waals surface area contributed by atoms with Crippen LogP contribution in [-0.4, -0.2) is 24.5 Å². The molecule has 1 heterocycles. The van der Waals surface area contributed by atoms with E-state index in [4.69, 9.17) is 4.74 Å². The molecule has 1 amide bonds. The fraction of sp³-hybridized carbons (Fsp3) is 0.385. The second kappa shape index (κ2) is 6.54. The number of pyridine rings is 1. The zero-order valence-corrected chi connectivity index (χ0v) is 10.3. The van der Waals surface area contributed by atoms with Crippen LogP contribution in [0, 0.1) is 18.8 Å². The average Bonchev–Trinajstić information content (AvgIpc) is 2.30. The first-order valence-electron chi connectivity index (χ1n) is 5.38. The van der Waals surface area contributed by atoms with Gasteiger partial charge in [0.05, 0.1) is 12.8 Å². The molecule has 0 spiro atoms. The molecule has 4 heteroatoms. The van der Waals surface area contributed by atoms with Crippen LogP contribution in [0.3, 0.4) is 0 Å². The van der Waals surface area contributed by atoms with Crippen molar-refractivity contribution in [2.75, 3.05) is 13.7 Å². The molecule has 90 valence electrons. The van der Waals surface area contributed by atoms with Crippen LogP contribution in [0.25, 0.3) is 0 Å². The molecule has 0 aliphatic rings. The zero-order valence-electron chi connectivity index (χ0n) is 10.3. The molecular formula is C13H16N2O2. The first kappa shape index (κ1) is 13.0. The second-order valence-electron chi connectivity index (χ2n) is 3.52. The van der Waals surface area contributed by atoms with Crippen LogP contribution in [0.4, 0.5) is 0 Å². The van der Waals surface area contributed by atoms with E-state index >= 15 is 0 Å². The molecule has 0 radical (unpaired) electrons. The topological polar surface area (TPSA) is 51.2 Å². The van der Waals surface area contributed by atoms with E-state index in [1.54, 1.807) is 13.2 Å². The van der Waals surface area contributed by atoms with Crippen molar-refractivity contribution in [3.63, 3.8) is 0 Å². The Balaban J connectivity index is 2.57. The molecule has 0 atom stereocenters. The van der Waals surface area contributed by atoms with Gasteiger partial charge in [-0.1, -0.05) is 11.8 Å². The smallest absolute Gasteiger partial charge is 0.216 e. The normalized spacial score (nSPS) is 9.12. The van der Waals surface area contributed by atoms with Gasteiger partial charge < -0.3 is 10.1 Å². The highest BCUT2D eigenvalue weighted by molar-refractivity contribution is 5.72. The summed E-state index contributed by atoms with van der Waals surface area (Å²) in [4.78, 5) is 14.8. The molecule has 0 unspecified atom stereocenters. The fourth-order valence-electron chi connectivity index (χ4n) is 1.24. The van der Waals surface area contributed by atoms with Crippen LogP contribution in [0.5, 0.6) is 5.88 Å². The van der Waals surface area contributed by atoms with Gasteiger partial charge in [0.25, 0.3) is 0 Å². The van der Waals surface area contributed by atoms with E-state index in [1.807, 2.05) is 13.0 Å². The molecule has 0 aliphatic carbocycles. The lowest BCUT2D eigenvalue weighted by molar-refractivity contribution is -0.118. The van der Waals surface area contributed by atoms with Crippen LogP contribution in [0.2, 0.25) is 0 Å². The number of carbonyl (C=O) groups is 1. The third-order valence-corrected chi connectivity index (χ3v) is 2.12. The standard InChI is InChI=1S/C13H16N2O2/c1-10-12(7-8-13(15-10)17-3)6-4-5-9-14-11(2)16/h7-8H,5,9H2,1-3H3,(H,14,16). The number of hydrogen-bond donors (Lipinski definition) is 1. The average molecular weight is 232 g/mol. The predicted molar refractivity (Wildman–Crippen MR) is 65.7 cm³/mol. The maximum atomic E-state index is 10.6. The van der Waals surface area contributed by atoms with Gasteiger partial charge >= 0.3 is 0 Å². The summed E-state index contributed by atoms with van der Waals surface area (Å²) in [6.45, 7) is 3.95. The van der Waals surface area contributed by atoms with Gasteiger partial charge in [-0.3, -0.25) is 4.79 Å². The van der Waals surface area contributed by atoms with Crippen molar-refractivity contribution in [1.29, 1.82) is 0 Å². The molecule has 0 bridgehead atoms. The Kier molecular flexibility index (Phi) is 5.02.